The van der Waals surface area contributed by atoms with Crippen molar-refractivity contribution >= 4 is 44.8 Å². The number of aliphatic hydroxyl groups excluding tert-OH is 1. The lowest BCUT2D eigenvalue weighted by atomic mass is 9.95. The SMILES string of the molecule is O=C1NC(=O)C(c2cn(CC(O)CN3CCOCC3)c3c(O)cccc23)=C1c1c[nH]c2ccccc12. The van der Waals surface area contributed by atoms with Crippen molar-refractivity contribution < 1.29 is 24.5 Å². The van der Waals surface area contributed by atoms with Crippen LogP contribution in [0.2, 0.25) is 0 Å². The third-order valence-corrected chi connectivity index (χ3v) is 6.92. The van der Waals surface area contributed by atoms with E-state index >= 15 is 0 Å². The molecule has 2 amide bonds. The van der Waals surface area contributed by atoms with Crippen LogP contribution in [0.15, 0.2) is 54.9 Å². The number of ether oxygens (including phenoxy) is 1. The zero-order valence-corrected chi connectivity index (χ0v) is 19.5. The molecular formula is C27H26N4O5. The first-order valence-corrected chi connectivity index (χ1v) is 12.0. The number of hydrogen-bond acceptors (Lipinski definition) is 6. The zero-order chi connectivity index (χ0) is 24.8. The molecule has 184 valence electrons. The molecule has 0 saturated carbocycles. The van der Waals surface area contributed by atoms with Gasteiger partial charge in [0.15, 0.2) is 0 Å². The van der Waals surface area contributed by atoms with Crippen molar-refractivity contribution in [2.45, 2.75) is 12.6 Å². The smallest absolute Gasteiger partial charge is 0.259 e. The number of hydrogen-bond donors (Lipinski definition) is 4. The summed E-state index contributed by atoms with van der Waals surface area (Å²) in [4.78, 5) is 31.4. The molecule has 1 atom stereocenters. The largest absolute Gasteiger partial charge is 0.506 e. The number of para-hydroxylation sites is 2. The van der Waals surface area contributed by atoms with Crippen LogP contribution in [0.25, 0.3) is 33.0 Å². The summed E-state index contributed by atoms with van der Waals surface area (Å²) in [6, 6.07) is 12.7. The monoisotopic (exact) mass is 486 g/mol. The van der Waals surface area contributed by atoms with Crippen molar-refractivity contribution in [1.82, 2.24) is 19.8 Å². The average Bonchev–Trinajstić information content (AvgIpc) is 3.53. The van der Waals surface area contributed by atoms with Crippen molar-refractivity contribution in [2.24, 2.45) is 0 Å². The molecule has 2 aliphatic heterocycles. The summed E-state index contributed by atoms with van der Waals surface area (Å²) in [6.45, 7) is 3.47. The van der Waals surface area contributed by atoms with Gasteiger partial charge in [0.25, 0.3) is 11.8 Å². The summed E-state index contributed by atoms with van der Waals surface area (Å²) in [5, 5.41) is 25.5. The van der Waals surface area contributed by atoms with E-state index in [0.29, 0.717) is 41.8 Å². The number of phenols is 1. The first kappa shape index (κ1) is 22.5. The van der Waals surface area contributed by atoms with Gasteiger partial charge in [-0.2, -0.15) is 0 Å². The number of nitrogens with one attached hydrogen (secondary N) is 2. The maximum Gasteiger partial charge on any atom is 0.259 e. The molecule has 4 heterocycles. The number of carbonyl (C=O) groups excluding carboxylic acids is 2. The van der Waals surface area contributed by atoms with E-state index in [2.05, 4.69) is 15.2 Å². The number of nitrogens with zero attached hydrogens (tertiary/aromatic N) is 2. The molecule has 2 aromatic carbocycles. The molecule has 1 unspecified atom stereocenters. The molecule has 9 nitrogen and oxygen atoms in total. The van der Waals surface area contributed by atoms with Gasteiger partial charge >= 0.3 is 0 Å². The van der Waals surface area contributed by atoms with Crippen molar-refractivity contribution in [3.8, 4) is 5.75 Å². The van der Waals surface area contributed by atoms with E-state index in [0.717, 1.165) is 24.0 Å². The molecule has 6 rings (SSSR count). The summed E-state index contributed by atoms with van der Waals surface area (Å²) in [5.74, 6) is -0.916. The van der Waals surface area contributed by atoms with E-state index in [-0.39, 0.29) is 23.4 Å². The Labute approximate surface area is 206 Å². The highest BCUT2D eigenvalue weighted by atomic mass is 16.5. The van der Waals surface area contributed by atoms with Crippen LogP contribution >= 0.6 is 0 Å². The number of rotatable bonds is 6. The lowest BCUT2D eigenvalue weighted by molar-refractivity contribution is -0.122. The van der Waals surface area contributed by atoms with Gasteiger partial charge in [0.1, 0.15) is 5.75 Å². The third-order valence-electron chi connectivity index (χ3n) is 6.92. The fourth-order valence-corrected chi connectivity index (χ4v) is 5.30. The number of benzene rings is 2. The second kappa shape index (κ2) is 8.94. The van der Waals surface area contributed by atoms with Crippen molar-refractivity contribution in [1.29, 1.82) is 0 Å². The summed E-state index contributed by atoms with van der Waals surface area (Å²) < 4.78 is 7.15. The number of aromatic amines is 1. The summed E-state index contributed by atoms with van der Waals surface area (Å²) in [7, 11) is 0. The highest BCUT2D eigenvalue weighted by Crippen LogP contribution is 2.40. The van der Waals surface area contributed by atoms with Crippen LogP contribution in [0, 0.1) is 0 Å². The van der Waals surface area contributed by atoms with Crippen LogP contribution in [0.1, 0.15) is 11.1 Å². The Bertz CT molecular complexity index is 1530. The summed E-state index contributed by atoms with van der Waals surface area (Å²) >= 11 is 0. The number of aromatic nitrogens is 2. The molecule has 0 radical (unpaired) electrons. The highest BCUT2D eigenvalue weighted by molar-refractivity contribution is 6.50. The minimum Gasteiger partial charge on any atom is -0.506 e. The maximum absolute atomic E-state index is 13.1. The highest BCUT2D eigenvalue weighted by Gasteiger charge is 2.35. The van der Waals surface area contributed by atoms with Gasteiger partial charge in [-0.15, -0.1) is 0 Å². The van der Waals surface area contributed by atoms with Crippen molar-refractivity contribution in [3.63, 3.8) is 0 Å². The lowest BCUT2D eigenvalue weighted by Crippen LogP contribution is -2.41. The predicted molar refractivity (Wildman–Crippen MR) is 135 cm³/mol. The molecule has 2 aromatic heterocycles. The molecule has 4 N–H and O–H groups in total. The fraction of sp³-hybridized carbons (Fsp3) is 0.259. The van der Waals surface area contributed by atoms with Crippen LogP contribution in [-0.2, 0) is 20.9 Å². The molecule has 2 aliphatic rings. The number of fused-ring (bicyclic) bond motifs is 2. The Hall–Kier alpha value is -3.92. The molecule has 0 bridgehead atoms. The minimum atomic E-state index is -0.702. The molecule has 0 spiro atoms. The second-order valence-corrected chi connectivity index (χ2v) is 9.22. The predicted octanol–water partition coefficient (Wildman–Crippen LogP) is 2.09. The van der Waals surface area contributed by atoms with E-state index in [1.54, 1.807) is 29.1 Å². The van der Waals surface area contributed by atoms with E-state index in [1.165, 1.54) is 0 Å². The number of imide groups is 1. The molecular weight excluding hydrogens is 460 g/mol. The van der Waals surface area contributed by atoms with Crippen LogP contribution in [-0.4, -0.2) is 75.4 Å². The van der Waals surface area contributed by atoms with Crippen LogP contribution < -0.4 is 5.32 Å². The standard InChI is InChI=1S/C27H26N4O5/c32-16(13-30-8-10-36-11-9-30)14-31-15-20(18-5-3-7-22(33)25(18)31)24-23(26(34)29-27(24)35)19-12-28-21-6-2-1-4-17(19)21/h1-7,12,15-16,28,32-33H,8-11,13-14H2,(H,29,34,35). The van der Waals surface area contributed by atoms with Crippen LogP contribution in [0.3, 0.4) is 0 Å². The molecule has 0 aliphatic carbocycles. The minimum absolute atomic E-state index is 0.0382. The topological polar surface area (TPSA) is 120 Å². The Kier molecular flexibility index (Phi) is 5.60. The Balaban J connectivity index is 1.47. The lowest BCUT2D eigenvalue weighted by Gasteiger charge is -2.28. The Morgan fingerprint density at radius 2 is 1.64 bits per heavy atom. The van der Waals surface area contributed by atoms with Gasteiger partial charge in [-0.1, -0.05) is 30.3 Å². The fourth-order valence-electron chi connectivity index (χ4n) is 5.30. The van der Waals surface area contributed by atoms with Gasteiger partial charge in [0.05, 0.1) is 36.0 Å². The molecule has 1 saturated heterocycles. The number of carbonyl (C=O) groups is 2. The molecule has 4 aromatic rings. The van der Waals surface area contributed by atoms with Gasteiger partial charge in [-0.3, -0.25) is 19.8 Å². The average molecular weight is 487 g/mol. The van der Waals surface area contributed by atoms with E-state index in [9.17, 15) is 19.8 Å². The summed E-state index contributed by atoms with van der Waals surface area (Å²) in [5.41, 5.74) is 3.07. The number of aliphatic hydroxyl groups is 1. The number of phenolic OH excluding ortho intramolecular Hbond substituents is 1. The number of amides is 2. The number of β-amino-alcohol motifs (C(OH)–C–C–N with tert-alkyl or cyclic N) is 1. The number of morpholine rings is 1. The van der Waals surface area contributed by atoms with Gasteiger partial charge < -0.3 is 24.5 Å². The summed E-state index contributed by atoms with van der Waals surface area (Å²) in [6.07, 6.45) is 2.78. The molecule has 36 heavy (non-hydrogen) atoms. The van der Waals surface area contributed by atoms with Gasteiger partial charge in [-0.25, -0.2) is 0 Å². The van der Waals surface area contributed by atoms with Gasteiger partial charge in [0, 0.05) is 66.0 Å². The Morgan fingerprint density at radius 3 is 2.44 bits per heavy atom. The van der Waals surface area contributed by atoms with Crippen molar-refractivity contribution in [3.05, 3.63) is 66.0 Å². The number of H-pyrrole nitrogens is 1. The normalized spacial score (nSPS) is 17.9. The quantitative estimate of drug-likeness (QED) is 0.310. The van der Waals surface area contributed by atoms with Crippen molar-refractivity contribution in [2.75, 3.05) is 32.8 Å². The third kappa shape index (κ3) is 3.78. The first-order chi connectivity index (χ1) is 17.5. The van der Waals surface area contributed by atoms with E-state index < -0.39 is 17.9 Å². The van der Waals surface area contributed by atoms with Gasteiger partial charge in [-0.05, 0) is 12.1 Å². The number of aromatic hydroxyl groups is 1. The molecule has 1 fully saturated rings. The molecule has 9 heteroatoms. The second-order valence-electron chi connectivity index (χ2n) is 9.22. The van der Waals surface area contributed by atoms with Crippen LogP contribution in [0.5, 0.6) is 5.75 Å². The van der Waals surface area contributed by atoms with E-state index in [1.807, 2.05) is 30.3 Å². The first-order valence-electron chi connectivity index (χ1n) is 12.0. The Morgan fingerprint density at radius 1 is 0.917 bits per heavy atom. The van der Waals surface area contributed by atoms with Crippen LogP contribution in [0.4, 0.5) is 0 Å². The van der Waals surface area contributed by atoms with Gasteiger partial charge in [0.2, 0.25) is 0 Å². The van der Waals surface area contributed by atoms with E-state index in [4.69, 9.17) is 4.74 Å². The maximum atomic E-state index is 13.1. The zero-order valence-electron chi connectivity index (χ0n) is 19.5.